The molecule has 504 valence electrons. The Balaban J connectivity index is 0.000000138. The van der Waals surface area contributed by atoms with Gasteiger partial charge >= 0.3 is 0 Å². The number of fused-ring (bicyclic) bond motifs is 20. The van der Waals surface area contributed by atoms with Crippen molar-refractivity contribution in [2.24, 2.45) is 0 Å². The van der Waals surface area contributed by atoms with Crippen molar-refractivity contribution in [2.45, 2.75) is 0 Å². The lowest BCUT2D eigenvalue weighted by Gasteiger charge is -2.10. The van der Waals surface area contributed by atoms with Crippen molar-refractivity contribution in [1.82, 2.24) is 34.1 Å². The first-order valence-electron chi connectivity index (χ1n) is 36.4. The molecular weight excluding hydrogens is 1320 g/mol. The molecule has 0 bridgehead atoms. The van der Waals surface area contributed by atoms with Gasteiger partial charge in [-0.15, -0.1) is 0 Å². The highest BCUT2D eigenvalue weighted by atomic mass is 16.3. The van der Waals surface area contributed by atoms with Crippen molar-refractivity contribution in [3.63, 3.8) is 0 Å². The Hall–Kier alpha value is -14.7. The molecule has 108 heavy (non-hydrogen) atoms. The van der Waals surface area contributed by atoms with Crippen LogP contribution in [0.5, 0.6) is 0 Å². The number of furan rings is 2. The van der Waals surface area contributed by atoms with Gasteiger partial charge in [0, 0.05) is 87.8 Å². The highest BCUT2D eigenvalue weighted by Crippen LogP contribution is 2.49. The van der Waals surface area contributed by atoms with Crippen LogP contribution in [0, 0.1) is 0 Å². The lowest BCUT2D eigenvalue weighted by Crippen LogP contribution is -2.00. The fourth-order valence-corrected chi connectivity index (χ4v) is 16.1. The summed E-state index contributed by atoms with van der Waals surface area (Å²) in [7, 11) is 0. The van der Waals surface area contributed by atoms with E-state index in [-0.39, 0.29) is 0 Å². The van der Waals surface area contributed by atoms with E-state index in [1.807, 2.05) is 109 Å². The van der Waals surface area contributed by atoms with Crippen LogP contribution in [-0.4, -0.2) is 34.1 Å². The molecule has 0 unspecified atom stereocenters. The van der Waals surface area contributed by atoms with Crippen LogP contribution in [0.25, 0.3) is 211 Å². The van der Waals surface area contributed by atoms with Gasteiger partial charge in [0.05, 0.1) is 33.5 Å². The van der Waals surface area contributed by atoms with Crippen LogP contribution >= 0.6 is 0 Å². The summed E-state index contributed by atoms with van der Waals surface area (Å²) in [5.74, 6) is 2.63. The Kier molecular flexibility index (Phi) is 14.7. The minimum Gasteiger partial charge on any atom is -0.454 e. The largest absolute Gasteiger partial charge is 0.454 e. The van der Waals surface area contributed by atoms with Gasteiger partial charge in [-0.3, -0.25) is 0 Å². The quantitative estimate of drug-likeness (QED) is 0.134. The highest BCUT2D eigenvalue weighted by molar-refractivity contribution is 6.37. The van der Waals surface area contributed by atoms with Gasteiger partial charge in [0.15, 0.2) is 34.5 Å². The summed E-state index contributed by atoms with van der Waals surface area (Å²) in [6, 6.07) is 129. The van der Waals surface area contributed by atoms with Crippen LogP contribution in [0.4, 0.5) is 0 Å². The molecule has 0 spiro atoms. The van der Waals surface area contributed by atoms with Gasteiger partial charge in [0.2, 0.25) is 0 Å². The molecule has 0 aliphatic carbocycles. The van der Waals surface area contributed by atoms with Gasteiger partial charge in [0.1, 0.15) is 11.2 Å². The second-order valence-electron chi connectivity index (χ2n) is 27.3. The van der Waals surface area contributed by atoms with E-state index in [1.54, 1.807) is 0 Å². The van der Waals surface area contributed by atoms with E-state index in [0.717, 1.165) is 144 Å². The Labute approximate surface area is 619 Å². The van der Waals surface area contributed by atoms with Gasteiger partial charge in [0.25, 0.3) is 0 Å². The lowest BCUT2D eigenvalue weighted by atomic mass is 9.97. The number of benzene rings is 16. The molecule has 22 aromatic rings. The van der Waals surface area contributed by atoms with E-state index in [4.69, 9.17) is 33.8 Å². The number of nitrogens with zero attached hydrogens (tertiary/aromatic N) is 7. The standard InChI is InChI=1S/C50H31N3O.C49H30N4O/c1-4-14-33(15-5-1)42-31-43(34-16-6-2-7-17-34)52-50(51-42)35-26-24-32(25-27-35)36-28-29-44-41(30-36)46-38-20-10-11-21-39(38)47-40-22-12-13-23-45(40)54-49(47)48(46)53(44)37-18-8-3-9-19-37;1-4-14-32(15-5-1)47-50-48(33-16-6-2-7-17-33)52-49(51-47)34-26-24-31(25-27-34)35-28-29-41-40(30-35)43-37-20-10-11-21-38(37)44-39-22-12-13-23-42(39)54-46(44)45(43)53(41)36-18-8-3-9-19-36/h1-31H;1-30H. The second-order valence-corrected chi connectivity index (χ2v) is 27.3. The molecule has 0 N–H and O–H groups in total. The van der Waals surface area contributed by atoms with Gasteiger partial charge in [-0.1, -0.05) is 303 Å². The van der Waals surface area contributed by atoms with Crippen molar-refractivity contribution in [3.05, 3.63) is 370 Å². The summed E-state index contributed by atoms with van der Waals surface area (Å²) in [5, 5.41) is 14.1. The number of para-hydroxylation sites is 4. The van der Waals surface area contributed by atoms with Crippen LogP contribution in [-0.2, 0) is 0 Å². The van der Waals surface area contributed by atoms with Crippen LogP contribution in [0.2, 0.25) is 0 Å². The average molecular weight is 1380 g/mol. The topological polar surface area (TPSA) is 101 Å². The normalized spacial score (nSPS) is 11.7. The van der Waals surface area contributed by atoms with Crippen molar-refractivity contribution in [2.75, 3.05) is 0 Å². The molecule has 6 aromatic heterocycles. The number of rotatable bonds is 10. The van der Waals surface area contributed by atoms with Gasteiger partial charge in [-0.25, -0.2) is 24.9 Å². The van der Waals surface area contributed by atoms with Crippen LogP contribution < -0.4 is 0 Å². The van der Waals surface area contributed by atoms with E-state index in [0.29, 0.717) is 23.3 Å². The molecule has 9 nitrogen and oxygen atoms in total. The first-order chi connectivity index (χ1) is 53.6. The zero-order chi connectivity index (χ0) is 71.2. The SMILES string of the molecule is c1ccc(-c2cc(-c3ccccc3)nc(-c3ccc(-c4ccc5c(c4)c4c6ccccc6c6c7ccccc7oc6c4n5-c4ccccc4)cc3)n2)cc1.c1ccc(-c2nc(-c3ccccc3)nc(-c3ccc(-c4ccc5c(c4)c4c6ccccc6c6c7ccccc7oc6c4n5-c4ccccc4)cc3)n2)cc1. The lowest BCUT2D eigenvalue weighted by molar-refractivity contribution is 0.671. The highest BCUT2D eigenvalue weighted by Gasteiger charge is 2.26. The molecule has 0 saturated carbocycles. The Morgan fingerprint density at radius 1 is 0.194 bits per heavy atom. The van der Waals surface area contributed by atoms with E-state index in [2.05, 4.69) is 270 Å². The third-order valence-corrected chi connectivity index (χ3v) is 21.0. The zero-order valence-corrected chi connectivity index (χ0v) is 58.2. The van der Waals surface area contributed by atoms with Crippen LogP contribution in [0.1, 0.15) is 0 Å². The fraction of sp³-hybridized carbons (Fsp3) is 0. The summed E-state index contributed by atoms with van der Waals surface area (Å²) < 4.78 is 18.3. The predicted molar refractivity (Wildman–Crippen MR) is 444 cm³/mol. The molecule has 9 heteroatoms. The second kappa shape index (κ2) is 25.6. The third kappa shape index (κ3) is 10.4. The summed E-state index contributed by atoms with van der Waals surface area (Å²) in [6.07, 6.45) is 0. The van der Waals surface area contributed by atoms with Gasteiger partial charge in [-0.05, 0) is 111 Å². The predicted octanol–water partition coefficient (Wildman–Crippen LogP) is 26.0. The zero-order valence-electron chi connectivity index (χ0n) is 58.2. The van der Waals surface area contributed by atoms with E-state index in [1.165, 1.54) is 43.1 Å². The van der Waals surface area contributed by atoms with Gasteiger partial charge < -0.3 is 18.0 Å². The minimum atomic E-state index is 0.636. The Morgan fingerprint density at radius 2 is 0.472 bits per heavy atom. The Bertz CT molecular complexity index is 6690. The van der Waals surface area contributed by atoms with Crippen molar-refractivity contribution in [3.8, 4) is 102 Å². The smallest absolute Gasteiger partial charge is 0.164 e. The van der Waals surface area contributed by atoms with E-state index >= 15 is 0 Å². The molecule has 0 saturated heterocycles. The van der Waals surface area contributed by atoms with Crippen molar-refractivity contribution >= 4 is 109 Å². The molecule has 16 aromatic carbocycles. The maximum absolute atomic E-state index is 6.78. The third-order valence-electron chi connectivity index (χ3n) is 21.0. The van der Waals surface area contributed by atoms with Crippen molar-refractivity contribution < 1.29 is 8.83 Å². The first-order valence-corrected chi connectivity index (χ1v) is 36.4. The molecule has 0 aliphatic rings. The molecule has 22 rings (SSSR count). The van der Waals surface area contributed by atoms with E-state index in [9.17, 15) is 0 Å². The number of aromatic nitrogens is 7. The summed E-state index contributed by atoms with van der Waals surface area (Å²) in [5.41, 5.74) is 22.4. The van der Waals surface area contributed by atoms with Gasteiger partial charge in [-0.2, -0.15) is 0 Å². The molecule has 0 radical (unpaired) electrons. The summed E-state index contributed by atoms with van der Waals surface area (Å²) in [6.45, 7) is 0. The minimum absolute atomic E-state index is 0.636. The van der Waals surface area contributed by atoms with Crippen molar-refractivity contribution in [1.29, 1.82) is 0 Å². The molecule has 6 heterocycles. The molecule has 0 fully saturated rings. The summed E-state index contributed by atoms with van der Waals surface area (Å²) >= 11 is 0. The van der Waals surface area contributed by atoms with Crippen LogP contribution in [0.3, 0.4) is 0 Å². The Morgan fingerprint density at radius 3 is 0.843 bits per heavy atom. The average Bonchev–Trinajstić information content (AvgIpc) is 1.54. The fourth-order valence-electron chi connectivity index (χ4n) is 16.1. The number of hydrogen-bond donors (Lipinski definition) is 0. The molecule has 0 atom stereocenters. The molecule has 0 aliphatic heterocycles. The first kappa shape index (κ1) is 61.9. The maximum atomic E-state index is 6.78. The molecular formula is C99H61N7O2. The van der Waals surface area contributed by atoms with Crippen LogP contribution in [0.15, 0.2) is 379 Å². The monoisotopic (exact) mass is 1380 g/mol. The summed E-state index contributed by atoms with van der Waals surface area (Å²) in [4.78, 5) is 24.9. The maximum Gasteiger partial charge on any atom is 0.164 e. The number of hydrogen-bond acceptors (Lipinski definition) is 7. The van der Waals surface area contributed by atoms with E-state index < -0.39 is 0 Å². The molecule has 0 amide bonds.